The van der Waals surface area contributed by atoms with Gasteiger partial charge in [-0.3, -0.25) is 23.7 Å². The van der Waals surface area contributed by atoms with E-state index in [-0.39, 0.29) is 19.0 Å². The third kappa shape index (κ3) is 9.29. The van der Waals surface area contributed by atoms with E-state index in [9.17, 15) is 27.6 Å². The fraction of sp³-hybridized carbons (Fsp3) is 0.660. The number of benzene rings is 1. The maximum absolute atomic E-state index is 14.9. The van der Waals surface area contributed by atoms with Gasteiger partial charge in [0.2, 0.25) is 21.8 Å². The molecule has 3 aliphatic carbocycles. The Morgan fingerprint density at radius 3 is 2.44 bits per heavy atom. The van der Waals surface area contributed by atoms with Crippen LogP contribution in [0, 0.1) is 11.8 Å². The lowest BCUT2D eigenvalue weighted by Crippen LogP contribution is -2.59. The Morgan fingerprint density at radius 1 is 1.02 bits per heavy atom. The van der Waals surface area contributed by atoms with Crippen molar-refractivity contribution >= 4 is 56.2 Å². The number of fused-ring (bicyclic) bond motifs is 3. The Labute approximate surface area is 380 Å². The van der Waals surface area contributed by atoms with Crippen molar-refractivity contribution in [2.75, 3.05) is 6.54 Å². The maximum Gasteiger partial charge on any atom is 0.408 e. The zero-order valence-electron chi connectivity index (χ0n) is 38.3. The minimum atomic E-state index is -4.01. The van der Waals surface area contributed by atoms with Crippen molar-refractivity contribution in [3.63, 3.8) is 0 Å². The highest BCUT2D eigenvalue weighted by atomic mass is 32.2. The Balaban J connectivity index is 1.13. The number of ether oxygens (including phenoxy) is 2. The zero-order valence-corrected chi connectivity index (χ0v) is 39.9. The van der Waals surface area contributed by atoms with E-state index in [0.717, 1.165) is 53.0 Å². The summed E-state index contributed by atoms with van der Waals surface area (Å²) in [6.45, 7) is 12.7. The summed E-state index contributed by atoms with van der Waals surface area (Å²) in [4.78, 5) is 68.9. The van der Waals surface area contributed by atoms with Gasteiger partial charge in [0.1, 0.15) is 39.9 Å². The van der Waals surface area contributed by atoms with Crippen LogP contribution in [0.2, 0.25) is 0 Å². The molecular formula is C47H65N7O8S2. The van der Waals surface area contributed by atoms with Crippen LogP contribution >= 0.6 is 11.3 Å². The van der Waals surface area contributed by atoms with Crippen LogP contribution in [-0.2, 0) is 29.1 Å². The molecule has 1 saturated heterocycles. The SMILES string of the molecule is CC1[C@@H](Oc2nc3c(-c4nc(C5CCCCC5)cs4)cccc3n2C(C)C)CN2C(=O)[C@@H](NC(=O)OC(C)(C)C)CCCCC/C=C\[C@@H]3C[C@@]3(C(=O)NS(=O)(=O)C3(C)CC3)NC(=O)[C@H]12. The molecule has 4 fully saturated rings. The van der Waals surface area contributed by atoms with Gasteiger partial charge in [-0.15, -0.1) is 11.3 Å². The standard InChI is InChI=1S/C47H65N7O8S2/c1-28(2)54-35-22-16-20-32(40-48-34(27-63-40)30-17-12-11-13-18-30)37(35)50-43(54)61-36-26-53-38(29(36)3)39(55)51-47(42(57)52-64(59,60)46(7)23-24-46)25-31(47)19-14-9-8-10-15-21-33(41(53)56)49-44(58)62-45(4,5)6/h14,16,19-20,22,27-31,33,36,38H,8-13,15,17-18,21,23-26H2,1-7H3,(H,49,58)(H,51,55)(H,52,57)/b19-14-/t29?,31-,33+,36+,38+,47-/m1/s1. The molecule has 17 heteroatoms. The number of sulfonamides is 1. The first kappa shape index (κ1) is 46.0. The molecule has 6 atom stereocenters. The number of alkyl carbamates (subject to hydrolysis) is 1. The lowest BCUT2D eigenvalue weighted by Gasteiger charge is -2.31. The summed E-state index contributed by atoms with van der Waals surface area (Å²) >= 11 is 1.62. The Bertz CT molecular complexity index is 2410. The van der Waals surface area contributed by atoms with Crippen LogP contribution in [0.1, 0.15) is 150 Å². The van der Waals surface area contributed by atoms with Gasteiger partial charge in [0.25, 0.3) is 11.9 Å². The second-order valence-corrected chi connectivity index (χ2v) is 23.4. The van der Waals surface area contributed by atoms with Crippen LogP contribution in [0.15, 0.2) is 35.7 Å². The van der Waals surface area contributed by atoms with Crippen molar-refractivity contribution in [1.29, 1.82) is 0 Å². The molecule has 4 heterocycles. The zero-order chi connectivity index (χ0) is 45.8. The van der Waals surface area contributed by atoms with Crippen molar-refractivity contribution in [1.82, 2.24) is 34.8 Å². The predicted octanol–water partition coefficient (Wildman–Crippen LogP) is 7.67. The van der Waals surface area contributed by atoms with Gasteiger partial charge in [-0.1, -0.05) is 57.2 Å². The lowest BCUT2D eigenvalue weighted by molar-refractivity contribution is -0.142. The molecule has 2 aliphatic heterocycles. The van der Waals surface area contributed by atoms with E-state index in [4.69, 9.17) is 19.4 Å². The summed E-state index contributed by atoms with van der Waals surface area (Å²) in [6, 6.07) is 4.12. The quantitative estimate of drug-likeness (QED) is 0.180. The van der Waals surface area contributed by atoms with Crippen molar-refractivity contribution in [2.45, 2.75) is 178 Å². The first-order chi connectivity index (χ1) is 30.3. The molecule has 3 aromatic rings. The number of imidazole rings is 1. The van der Waals surface area contributed by atoms with Crippen LogP contribution in [0.25, 0.3) is 21.6 Å². The molecule has 8 rings (SSSR count). The first-order valence-electron chi connectivity index (χ1n) is 23.3. The molecule has 1 unspecified atom stereocenters. The van der Waals surface area contributed by atoms with Crippen molar-refractivity contribution in [3.8, 4) is 16.6 Å². The van der Waals surface area contributed by atoms with Crippen molar-refractivity contribution < 1.29 is 37.1 Å². The van der Waals surface area contributed by atoms with Gasteiger partial charge in [-0.25, -0.2) is 18.2 Å². The molecule has 0 radical (unpaired) electrons. The third-order valence-corrected chi connectivity index (χ3v) is 17.0. The van der Waals surface area contributed by atoms with Gasteiger partial charge >= 0.3 is 6.09 Å². The monoisotopic (exact) mass is 919 g/mol. The number of hydrogen-bond donors (Lipinski definition) is 3. The molecule has 3 N–H and O–H groups in total. The number of rotatable bonds is 9. The van der Waals surface area contributed by atoms with Crippen LogP contribution in [0.5, 0.6) is 6.01 Å². The Hall–Kier alpha value is -4.51. The number of nitrogens with one attached hydrogen (secondary N) is 3. The highest BCUT2D eigenvalue weighted by Gasteiger charge is 2.63. The van der Waals surface area contributed by atoms with E-state index in [0.29, 0.717) is 44.0 Å². The van der Waals surface area contributed by atoms with Gasteiger partial charge in [-0.2, -0.15) is 4.98 Å². The normalized spacial score (nSPS) is 28.3. The molecule has 15 nitrogen and oxygen atoms in total. The molecule has 4 amide bonds. The number of nitrogens with zero attached hydrogens (tertiary/aromatic N) is 4. The van der Waals surface area contributed by atoms with Crippen LogP contribution in [-0.4, -0.2) is 92.3 Å². The number of para-hydroxylation sites is 1. The molecule has 348 valence electrons. The third-order valence-electron chi connectivity index (χ3n) is 13.9. The molecule has 0 spiro atoms. The van der Waals surface area contributed by atoms with E-state index in [1.54, 1.807) is 39.0 Å². The smallest absolute Gasteiger partial charge is 0.408 e. The summed E-state index contributed by atoms with van der Waals surface area (Å²) in [5.74, 6) is -2.51. The fourth-order valence-corrected chi connectivity index (χ4v) is 11.9. The van der Waals surface area contributed by atoms with Crippen molar-refractivity contribution in [3.05, 3.63) is 41.4 Å². The molecule has 3 saturated carbocycles. The van der Waals surface area contributed by atoms with E-state index in [2.05, 4.69) is 20.7 Å². The van der Waals surface area contributed by atoms with Gasteiger partial charge in [0, 0.05) is 34.7 Å². The number of aromatic nitrogens is 3. The number of carbonyl (C=O) groups is 4. The number of carbonyl (C=O) groups excluding carboxylic acids is 4. The van der Waals surface area contributed by atoms with Gasteiger partial charge in [0.05, 0.1) is 22.5 Å². The van der Waals surface area contributed by atoms with Gasteiger partial charge in [0.15, 0.2) is 0 Å². The minimum absolute atomic E-state index is 0.0226. The van der Waals surface area contributed by atoms with Crippen LogP contribution in [0.4, 0.5) is 4.79 Å². The topological polar surface area (TPSA) is 191 Å². The molecule has 64 heavy (non-hydrogen) atoms. The van der Waals surface area contributed by atoms with Gasteiger partial charge < -0.3 is 25.0 Å². The average molecular weight is 920 g/mol. The lowest BCUT2D eigenvalue weighted by atomic mass is 9.87. The number of amides is 4. The number of hydrogen-bond acceptors (Lipinski definition) is 11. The second-order valence-electron chi connectivity index (χ2n) is 20.3. The van der Waals surface area contributed by atoms with E-state index in [1.807, 2.05) is 55.7 Å². The summed E-state index contributed by atoms with van der Waals surface area (Å²) in [6.07, 6.45) is 12.6. The number of allylic oxidation sites excluding steroid dienone is 1. The molecular weight excluding hydrogens is 855 g/mol. The number of thiazole rings is 1. The molecule has 5 aliphatic rings. The molecule has 0 bridgehead atoms. The van der Waals surface area contributed by atoms with Crippen LogP contribution in [0.3, 0.4) is 0 Å². The Kier molecular flexibility index (Phi) is 12.7. The summed E-state index contributed by atoms with van der Waals surface area (Å²) in [5, 5.41) is 8.85. The summed E-state index contributed by atoms with van der Waals surface area (Å²) in [5.41, 5.74) is 1.28. The van der Waals surface area contributed by atoms with E-state index < -0.39 is 79.7 Å². The average Bonchev–Trinajstić information content (AvgIpc) is 3.95. The van der Waals surface area contributed by atoms with Gasteiger partial charge in [-0.05, 0) is 105 Å². The van der Waals surface area contributed by atoms with E-state index in [1.165, 1.54) is 24.2 Å². The summed E-state index contributed by atoms with van der Waals surface area (Å²) < 4.78 is 42.4. The largest absolute Gasteiger partial charge is 0.459 e. The van der Waals surface area contributed by atoms with Crippen LogP contribution < -0.4 is 20.1 Å². The highest BCUT2D eigenvalue weighted by Crippen LogP contribution is 2.48. The minimum Gasteiger partial charge on any atom is -0.459 e. The molecule has 1 aromatic carbocycles. The summed E-state index contributed by atoms with van der Waals surface area (Å²) in [7, 11) is -4.01. The van der Waals surface area contributed by atoms with E-state index >= 15 is 0 Å². The maximum atomic E-state index is 14.9. The Morgan fingerprint density at radius 2 is 1.73 bits per heavy atom. The second kappa shape index (κ2) is 17.7. The fourth-order valence-electron chi connectivity index (χ4n) is 9.71. The highest BCUT2D eigenvalue weighted by molar-refractivity contribution is 7.91. The predicted molar refractivity (Wildman–Crippen MR) is 245 cm³/mol. The van der Waals surface area contributed by atoms with Crippen molar-refractivity contribution in [2.24, 2.45) is 11.8 Å². The first-order valence-corrected chi connectivity index (χ1v) is 25.7. The molecule has 2 aromatic heterocycles.